The number of hydrogen-bond donors (Lipinski definition) is 2. The molecule has 1 aliphatic heterocycles. The van der Waals surface area contributed by atoms with E-state index in [0.717, 1.165) is 30.9 Å². The summed E-state index contributed by atoms with van der Waals surface area (Å²) in [5, 5.41) is 7.26. The molecule has 0 saturated carbocycles. The highest BCUT2D eigenvalue weighted by Crippen LogP contribution is 2.27. The fraction of sp³-hybridized carbons (Fsp3) is 0.370. The van der Waals surface area contributed by atoms with Crippen LogP contribution in [0.3, 0.4) is 0 Å². The highest BCUT2D eigenvalue weighted by atomic mass is 16.1. The number of fused-ring (bicyclic) bond motifs is 2. The fourth-order valence-electron chi connectivity index (χ4n) is 4.56. The summed E-state index contributed by atoms with van der Waals surface area (Å²) in [7, 11) is 0. The van der Waals surface area contributed by atoms with Crippen LogP contribution in [0.25, 0.3) is 16.7 Å². The van der Waals surface area contributed by atoms with E-state index in [4.69, 9.17) is 4.98 Å². The third-order valence-electron chi connectivity index (χ3n) is 6.42. The Hall–Kier alpha value is -3.45. The molecule has 0 spiro atoms. The summed E-state index contributed by atoms with van der Waals surface area (Å²) >= 11 is 0. The second kappa shape index (κ2) is 8.40. The van der Waals surface area contributed by atoms with Crippen LogP contribution >= 0.6 is 0 Å². The minimum absolute atomic E-state index is 0.00834. The Kier molecular flexibility index (Phi) is 5.52. The molecule has 7 nitrogen and oxygen atoms in total. The molecule has 0 fully saturated rings. The normalized spacial score (nSPS) is 13.9. The minimum Gasteiger partial charge on any atom is -0.324 e. The van der Waals surface area contributed by atoms with Crippen molar-refractivity contribution in [3.63, 3.8) is 0 Å². The number of aromatic nitrogens is 4. The summed E-state index contributed by atoms with van der Waals surface area (Å²) in [6.45, 7) is 12.5. The van der Waals surface area contributed by atoms with Gasteiger partial charge in [-0.1, -0.05) is 39.0 Å². The lowest BCUT2D eigenvalue weighted by atomic mass is 9.87. The van der Waals surface area contributed by atoms with E-state index in [1.807, 2.05) is 30.7 Å². The van der Waals surface area contributed by atoms with Crippen LogP contribution in [0.15, 0.2) is 53.5 Å². The fourth-order valence-corrected chi connectivity index (χ4v) is 4.56. The molecule has 0 atom stereocenters. The van der Waals surface area contributed by atoms with Crippen LogP contribution in [0.4, 0.5) is 11.6 Å². The molecule has 0 aliphatic carbocycles. The number of rotatable bonds is 4. The van der Waals surface area contributed by atoms with Crippen molar-refractivity contribution in [1.82, 2.24) is 24.6 Å². The van der Waals surface area contributed by atoms with Crippen molar-refractivity contribution < 1.29 is 0 Å². The molecular weight excluding hydrogens is 424 g/mol. The summed E-state index contributed by atoms with van der Waals surface area (Å²) in [6, 6.07) is 14.7. The first-order valence-corrected chi connectivity index (χ1v) is 11.9. The first-order valence-electron chi connectivity index (χ1n) is 11.9. The van der Waals surface area contributed by atoms with E-state index in [0.29, 0.717) is 17.0 Å². The Labute approximate surface area is 199 Å². The van der Waals surface area contributed by atoms with Gasteiger partial charge in [0.1, 0.15) is 5.39 Å². The molecule has 7 heteroatoms. The van der Waals surface area contributed by atoms with E-state index in [-0.39, 0.29) is 17.0 Å². The van der Waals surface area contributed by atoms with E-state index >= 15 is 0 Å². The minimum atomic E-state index is -0.0843. The van der Waals surface area contributed by atoms with Gasteiger partial charge >= 0.3 is 0 Å². The van der Waals surface area contributed by atoms with E-state index in [9.17, 15) is 4.79 Å². The summed E-state index contributed by atoms with van der Waals surface area (Å²) < 4.78 is 3.69. The van der Waals surface area contributed by atoms with Gasteiger partial charge in [-0.15, -0.1) is 0 Å². The quantitative estimate of drug-likeness (QED) is 0.459. The highest BCUT2D eigenvalue weighted by molar-refractivity contribution is 5.77. The smallest absolute Gasteiger partial charge is 0.278 e. The predicted octanol–water partition coefficient (Wildman–Crippen LogP) is 4.85. The Morgan fingerprint density at radius 2 is 1.91 bits per heavy atom. The standard InChI is InChI=1S/C27H32N6O/c1-17(2)32-25(34)23-16-29-26(30-21-10-9-19-15-28-12-11-18(19)13-21)31-24(23)33(32)22-8-6-7-20(14-22)27(3,4)5/h6-10,13-14,16-17,28H,11-12,15H2,1-5H3,(H,29,30,31). The maximum Gasteiger partial charge on any atom is 0.278 e. The van der Waals surface area contributed by atoms with Crippen molar-refractivity contribution in [2.24, 2.45) is 0 Å². The zero-order chi connectivity index (χ0) is 24.0. The van der Waals surface area contributed by atoms with Gasteiger partial charge in [0.25, 0.3) is 5.56 Å². The van der Waals surface area contributed by atoms with Crippen LogP contribution < -0.4 is 16.2 Å². The van der Waals surface area contributed by atoms with Crippen LogP contribution in [0.2, 0.25) is 0 Å². The zero-order valence-corrected chi connectivity index (χ0v) is 20.5. The molecule has 2 N–H and O–H groups in total. The second-order valence-corrected chi connectivity index (χ2v) is 10.3. The summed E-state index contributed by atoms with van der Waals surface area (Å²) in [6.07, 6.45) is 2.64. The van der Waals surface area contributed by atoms with E-state index in [2.05, 4.69) is 66.7 Å². The largest absolute Gasteiger partial charge is 0.324 e. The van der Waals surface area contributed by atoms with Crippen LogP contribution in [-0.4, -0.2) is 25.9 Å². The Morgan fingerprint density at radius 1 is 1.09 bits per heavy atom. The highest BCUT2D eigenvalue weighted by Gasteiger charge is 2.21. The van der Waals surface area contributed by atoms with Gasteiger partial charge in [0.05, 0.1) is 5.69 Å². The molecular formula is C27H32N6O. The summed E-state index contributed by atoms with van der Waals surface area (Å²) in [5.74, 6) is 0.475. The lowest BCUT2D eigenvalue weighted by Crippen LogP contribution is -2.24. The number of anilines is 2. The average molecular weight is 457 g/mol. The molecule has 1 aliphatic rings. The monoisotopic (exact) mass is 456 g/mol. The Bertz CT molecular complexity index is 1420. The van der Waals surface area contributed by atoms with Crippen LogP contribution in [0.5, 0.6) is 0 Å². The molecule has 0 bridgehead atoms. The van der Waals surface area contributed by atoms with Gasteiger partial charge in [-0.05, 0) is 73.2 Å². The molecule has 2 aromatic heterocycles. The lowest BCUT2D eigenvalue weighted by molar-refractivity contribution is 0.475. The molecule has 5 rings (SSSR count). The van der Waals surface area contributed by atoms with E-state index in [1.165, 1.54) is 16.7 Å². The number of benzene rings is 2. The maximum atomic E-state index is 13.3. The van der Waals surface area contributed by atoms with Crippen molar-refractivity contribution in [2.75, 3.05) is 11.9 Å². The molecule has 0 saturated heterocycles. The van der Waals surface area contributed by atoms with Gasteiger partial charge in [-0.2, -0.15) is 4.98 Å². The van der Waals surface area contributed by atoms with Crippen molar-refractivity contribution in [2.45, 2.75) is 59.0 Å². The van der Waals surface area contributed by atoms with Crippen molar-refractivity contribution in [1.29, 1.82) is 0 Å². The van der Waals surface area contributed by atoms with E-state index in [1.54, 1.807) is 10.9 Å². The van der Waals surface area contributed by atoms with Crippen LogP contribution in [0.1, 0.15) is 57.4 Å². The molecule has 34 heavy (non-hydrogen) atoms. The molecule has 0 amide bonds. The van der Waals surface area contributed by atoms with Crippen LogP contribution in [0, 0.1) is 0 Å². The van der Waals surface area contributed by atoms with Crippen LogP contribution in [-0.2, 0) is 18.4 Å². The average Bonchev–Trinajstić information content (AvgIpc) is 3.10. The van der Waals surface area contributed by atoms with Gasteiger partial charge in [-0.3, -0.25) is 4.79 Å². The van der Waals surface area contributed by atoms with Gasteiger partial charge in [0.2, 0.25) is 5.95 Å². The molecule has 176 valence electrons. The first-order chi connectivity index (χ1) is 16.2. The Morgan fingerprint density at radius 3 is 2.68 bits per heavy atom. The lowest BCUT2D eigenvalue weighted by Gasteiger charge is -2.21. The SMILES string of the molecule is CC(C)n1c(=O)c2cnc(Nc3ccc4c(c3)CCNC4)nc2n1-c1cccc(C(C)(C)C)c1. The summed E-state index contributed by atoms with van der Waals surface area (Å²) in [4.78, 5) is 22.6. The maximum absolute atomic E-state index is 13.3. The molecule has 4 aromatic rings. The van der Waals surface area contributed by atoms with Crippen molar-refractivity contribution in [3.05, 3.63) is 75.7 Å². The molecule has 2 aromatic carbocycles. The second-order valence-electron chi connectivity index (χ2n) is 10.3. The van der Waals surface area contributed by atoms with Gasteiger partial charge in [0, 0.05) is 24.5 Å². The predicted molar refractivity (Wildman–Crippen MR) is 137 cm³/mol. The van der Waals surface area contributed by atoms with E-state index < -0.39 is 0 Å². The first kappa shape index (κ1) is 22.3. The van der Waals surface area contributed by atoms with Gasteiger partial charge < -0.3 is 10.6 Å². The van der Waals surface area contributed by atoms with Crippen molar-refractivity contribution >= 4 is 22.7 Å². The number of nitrogens with one attached hydrogen (secondary N) is 2. The van der Waals surface area contributed by atoms with Crippen molar-refractivity contribution in [3.8, 4) is 5.69 Å². The third kappa shape index (κ3) is 4.01. The van der Waals surface area contributed by atoms with Gasteiger partial charge in [-0.25, -0.2) is 14.3 Å². The number of hydrogen-bond acceptors (Lipinski definition) is 5. The Balaban J connectivity index is 1.63. The molecule has 3 heterocycles. The van der Waals surface area contributed by atoms with Gasteiger partial charge in [0.15, 0.2) is 5.65 Å². The molecule has 0 unspecified atom stereocenters. The zero-order valence-electron chi connectivity index (χ0n) is 20.5. The number of nitrogens with zero attached hydrogens (tertiary/aromatic N) is 4. The molecule has 0 radical (unpaired) electrons. The third-order valence-corrected chi connectivity index (χ3v) is 6.42. The summed E-state index contributed by atoms with van der Waals surface area (Å²) in [5.41, 5.74) is 6.24. The topological polar surface area (TPSA) is 76.8 Å².